The number of alkyl halides is 3. The molecule has 4 rings (SSSR count). The standard InChI is InChI=1S/C21H16F3N5O/c1-12-3-6-14(7-4-12)19(30)28-17-10-26-18(11-25-17)29-16-8-5-13(2)9-15(16)27-20(29)21(22,23)24/h3-11H,1-2H3,(H,25,28,30). The van der Waals surface area contributed by atoms with Crippen LogP contribution in [-0.4, -0.2) is 25.4 Å². The molecular weight excluding hydrogens is 395 g/mol. The lowest BCUT2D eigenvalue weighted by Crippen LogP contribution is -2.16. The van der Waals surface area contributed by atoms with Crippen LogP contribution in [0.1, 0.15) is 27.3 Å². The maximum absolute atomic E-state index is 13.6. The summed E-state index contributed by atoms with van der Waals surface area (Å²) in [5.74, 6) is -1.41. The summed E-state index contributed by atoms with van der Waals surface area (Å²) < 4.78 is 41.6. The summed E-state index contributed by atoms with van der Waals surface area (Å²) in [6, 6.07) is 11.8. The number of hydrogen-bond acceptors (Lipinski definition) is 4. The summed E-state index contributed by atoms with van der Waals surface area (Å²) in [5, 5.41) is 2.58. The average Bonchev–Trinajstić information content (AvgIpc) is 3.08. The van der Waals surface area contributed by atoms with E-state index in [0.717, 1.165) is 15.7 Å². The molecule has 0 fully saturated rings. The fourth-order valence-corrected chi connectivity index (χ4v) is 3.01. The first-order chi connectivity index (χ1) is 14.2. The van der Waals surface area contributed by atoms with E-state index in [1.165, 1.54) is 12.4 Å². The zero-order chi connectivity index (χ0) is 21.5. The fraction of sp³-hybridized carbons (Fsp3) is 0.143. The summed E-state index contributed by atoms with van der Waals surface area (Å²) in [4.78, 5) is 24.2. The number of fused-ring (bicyclic) bond motifs is 1. The number of hydrogen-bond donors (Lipinski definition) is 1. The third-order valence-electron chi connectivity index (χ3n) is 4.49. The lowest BCUT2D eigenvalue weighted by atomic mass is 10.1. The van der Waals surface area contributed by atoms with Gasteiger partial charge in [-0.15, -0.1) is 0 Å². The highest BCUT2D eigenvalue weighted by Gasteiger charge is 2.38. The van der Waals surface area contributed by atoms with E-state index in [1.54, 1.807) is 49.4 Å². The van der Waals surface area contributed by atoms with Gasteiger partial charge in [-0.25, -0.2) is 15.0 Å². The molecule has 2 aromatic carbocycles. The number of rotatable bonds is 3. The number of halogens is 3. The summed E-state index contributed by atoms with van der Waals surface area (Å²) in [7, 11) is 0. The average molecular weight is 411 g/mol. The predicted molar refractivity (Wildman–Crippen MR) is 106 cm³/mol. The van der Waals surface area contributed by atoms with Crippen molar-refractivity contribution < 1.29 is 18.0 Å². The van der Waals surface area contributed by atoms with Crippen molar-refractivity contribution in [2.75, 3.05) is 5.32 Å². The van der Waals surface area contributed by atoms with E-state index in [9.17, 15) is 18.0 Å². The summed E-state index contributed by atoms with van der Waals surface area (Å²) >= 11 is 0. The zero-order valence-corrected chi connectivity index (χ0v) is 16.0. The molecular formula is C21H16F3N5O. The molecule has 0 saturated carbocycles. The molecule has 0 aliphatic heterocycles. The Hall–Kier alpha value is -3.75. The minimum Gasteiger partial charge on any atom is -0.305 e. The van der Waals surface area contributed by atoms with Crippen molar-refractivity contribution in [1.29, 1.82) is 0 Å². The van der Waals surface area contributed by atoms with Gasteiger partial charge in [-0.3, -0.25) is 9.36 Å². The molecule has 4 aromatic rings. The minimum absolute atomic E-state index is 0.0537. The first kappa shape index (κ1) is 19.6. The van der Waals surface area contributed by atoms with E-state index in [-0.39, 0.29) is 22.7 Å². The van der Waals surface area contributed by atoms with E-state index < -0.39 is 17.9 Å². The maximum Gasteiger partial charge on any atom is 0.450 e. The van der Waals surface area contributed by atoms with Crippen LogP contribution >= 0.6 is 0 Å². The highest BCUT2D eigenvalue weighted by Crippen LogP contribution is 2.33. The van der Waals surface area contributed by atoms with Gasteiger partial charge in [-0.2, -0.15) is 13.2 Å². The lowest BCUT2D eigenvalue weighted by molar-refractivity contribution is -0.145. The van der Waals surface area contributed by atoms with E-state index in [0.29, 0.717) is 5.56 Å². The van der Waals surface area contributed by atoms with Gasteiger partial charge >= 0.3 is 6.18 Å². The van der Waals surface area contributed by atoms with Gasteiger partial charge in [0.05, 0.1) is 23.4 Å². The largest absolute Gasteiger partial charge is 0.450 e. The quantitative estimate of drug-likeness (QED) is 0.530. The summed E-state index contributed by atoms with van der Waals surface area (Å²) in [6.45, 7) is 3.68. The Kier molecular flexibility index (Phi) is 4.73. The molecule has 1 N–H and O–H groups in total. The Labute approximate surface area is 169 Å². The highest BCUT2D eigenvalue weighted by atomic mass is 19.4. The number of anilines is 1. The topological polar surface area (TPSA) is 72.7 Å². The summed E-state index contributed by atoms with van der Waals surface area (Å²) in [5.41, 5.74) is 2.71. The van der Waals surface area contributed by atoms with Gasteiger partial charge in [-0.1, -0.05) is 23.8 Å². The van der Waals surface area contributed by atoms with Crippen LogP contribution in [0.2, 0.25) is 0 Å². The molecule has 9 heteroatoms. The third-order valence-corrected chi connectivity index (χ3v) is 4.49. The second-order valence-electron chi connectivity index (χ2n) is 6.84. The number of nitrogens with one attached hydrogen (secondary N) is 1. The van der Waals surface area contributed by atoms with Crippen molar-refractivity contribution in [3.63, 3.8) is 0 Å². The second kappa shape index (κ2) is 7.25. The van der Waals surface area contributed by atoms with Crippen LogP contribution < -0.4 is 5.32 Å². The second-order valence-corrected chi connectivity index (χ2v) is 6.84. The number of benzene rings is 2. The Morgan fingerprint density at radius 3 is 2.30 bits per heavy atom. The highest BCUT2D eigenvalue weighted by molar-refractivity contribution is 6.03. The number of aromatic nitrogens is 4. The van der Waals surface area contributed by atoms with E-state index >= 15 is 0 Å². The van der Waals surface area contributed by atoms with Gasteiger partial charge in [-0.05, 0) is 43.7 Å². The first-order valence-corrected chi connectivity index (χ1v) is 8.99. The van der Waals surface area contributed by atoms with Crippen LogP contribution in [0, 0.1) is 13.8 Å². The molecule has 0 saturated heterocycles. The minimum atomic E-state index is -4.67. The number of carbonyl (C=O) groups is 1. The van der Waals surface area contributed by atoms with Crippen LogP contribution in [0.4, 0.5) is 19.0 Å². The molecule has 2 aromatic heterocycles. The van der Waals surface area contributed by atoms with Crippen molar-refractivity contribution >= 4 is 22.8 Å². The van der Waals surface area contributed by atoms with Crippen molar-refractivity contribution in [3.05, 3.63) is 77.4 Å². The Balaban J connectivity index is 1.68. The van der Waals surface area contributed by atoms with Crippen molar-refractivity contribution in [3.8, 4) is 5.82 Å². The van der Waals surface area contributed by atoms with E-state index in [1.807, 2.05) is 6.92 Å². The van der Waals surface area contributed by atoms with Crippen LogP contribution in [-0.2, 0) is 6.18 Å². The molecule has 0 bridgehead atoms. The Morgan fingerprint density at radius 1 is 0.967 bits per heavy atom. The normalized spacial score (nSPS) is 11.6. The molecule has 1 amide bonds. The molecule has 30 heavy (non-hydrogen) atoms. The van der Waals surface area contributed by atoms with Gasteiger partial charge in [0.1, 0.15) is 0 Å². The molecule has 6 nitrogen and oxygen atoms in total. The molecule has 2 heterocycles. The van der Waals surface area contributed by atoms with Gasteiger partial charge in [0.15, 0.2) is 11.6 Å². The van der Waals surface area contributed by atoms with Gasteiger partial charge in [0.2, 0.25) is 5.82 Å². The molecule has 0 aliphatic rings. The van der Waals surface area contributed by atoms with Crippen LogP contribution in [0.15, 0.2) is 54.9 Å². The van der Waals surface area contributed by atoms with E-state index in [2.05, 4.69) is 20.3 Å². The monoisotopic (exact) mass is 411 g/mol. The first-order valence-electron chi connectivity index (χ1n) is 8.99. The van der Waals surface area contributed by atoms with Crippen LogP contribution in [0.25, 0.3) is 16.9 Å². The lowest BCUT2D eigenvalue weighted by Gasteiger charge is -2.11. The summed E-state index contributed by atoms with van der Waals surface area (Å²) in [6.07, 6.45) is -2.30. The number of imidazole rings is 1. The molecule has 0 aliphatic carbocycles. The number of nitrogens with zero attached hydrogens (tertiary/aromatic N) is 4. The van der Waals surface area contributed by atoms with Gasteiger partial charge < -0.3 is 5.32 Å². The van der Waals surface area contributed by atoms with Crippen molar-refractivity contribution in [2.24, 2.45) is 0 Å². The fourth-order valence-electron chi connectivity index (χ4n) is 3.01. The Morgan fingerprint density at radius 2 is 1.67 bits per heavy atom. The van der Waals surface area contributed by atoms with E-state index in [4.69, 9.17) is 0 Å². The Bertz CT molecular complexity index is 1230. The number of amides is 1. The number of carbonyl (C=O) groups excluding carboxylic acids is 1. The van der Waals surface area contributed by atoms with Crippen LogP contribution in [0.5, 0.6) is 0 Å². The molecule has 0 spiro atoms. The van der Waals surface area contributed by atoms with Crippen molar-refractivity contribution in [1.82, 2.24) is 19.5 Å². The maximum atomic E-state index is 13.6. The molecule has 152 valence electrons. The molecule has 0 unspecified atom stereocenters. The van der Waals surface area contributed by atoms with Gasteiger partial charge in [0.25, 0.3) is 5.91 Å². The molecule has 0 radical (unpaired) electrons. The smallest absolute Gasteiger partial charge is 0.305 e. The molecule has 0 atom stereocenters. The van der Waals surface area contributed by atoms with Gasteiger partial charge in [0, 0.05) is 5.56 Å². The van der Waals surface area contributed by atoms with Crippen LogP contribution in [0.3, 0.4) is 0 Å². The SMILES string of the molecule is Cc1ccc(C(=O)Nc2cnc(-n3c(C(F)(F)F)nc4cc(C)ccc43)cn2)cc1. The zero-order valence-electron chi connectivity index (χ0n) is 16.0. The third kappa shape index (κ3) is 3.73. The predicted octanol–water partition coefficient (Wildman–Crippen LogP) is 4.70. The number of aryl methyl sites for hydroxylation is 2. The van der Waals surface area contributed by atoms with Crippen molar-refractivity contribution in [2.45, 2.75) is 20.0 Å².